The number of benzene rings is 1. The molecule has 0 aliphatic heterocycles. The van der Waals surface area contributed by atoms with E-state index in [0.717, 1.165) is 12.1 Å². The second-order valence-corrected chi connectivity index (χ2v) is 4.57. The van der Waals surface area contributed by atoms with Crippen molar-refractivity contribution in [3.05, 3.63) is 29.6 Å². The number of aliphatic hydroxyl groups excluding tert-OH is 4. The summed E-state index contributed by atoms with van der Waals surface area (Å²) in [6, 6.07) is 1.71. The molecule has 6 nitrogen and oxygen atoms in total. The van der Waals surface area contributed by atoms with Crippen LogP contribution >= 0.6 is 0 Å². The summed E-state index contributed by atoms with van der Waals surface area (Å²) in [5.74, 6) is -2.33. The van der Waals surface area contributed by atoms with Crippen molar-refractivity contribution in [3.63, 3.8) is 0 Å². The first-order valence-corrected chi connectivity index (χ1v) is 5.88. The van der Waals surface area contributed by atoms with Crippen LogP contribution in [-0.2, 0) is 0 Å². The molecule has 8 heteroatoms. The number of rotatable bonds is 4. The first-order valence-electron chi connectivity index (χ1n) is 5.88. The molecule has 110 valence electrons. The lowest BCUT2D eigenvalue weighted by molar-refractivity contribution is -0.103. The highest BCUT2D eigenvalue weighted by Crippen LogP contribution is 2.22. The van der Waals surface area contributed by atoms with Crippen LogP contribution in [-0.4, -0.2) is 48.7 Å². The second kappa shape index (κ2) is 5.41. The Balaban J connectivity index is 2.33. The van der Waals surface area contributed by atoms with Crippen LogP contribution in [0, 0.1) is 11.6 Å². The minimum absolute atomic E-state index is 0.0664. The van der Waals surface area contributed by atoms with E-state index in [1.54, 1.807) is 0 Å². The van der Waals surface area contributed by atoms with Crippen molar-refractivity contribution in [2.24, 2.45) is 0 Å². The van der Waals surface area contributed by atoms with Gasteiger partial charge in [0.2, 0.25) is 0 Å². The Kier molecular flexibility index (Phi) is 4.00. The summed E-state index contributed by atoms with van der Waals surface area (Å²) in [5, 5.41) is 38.1. The topological polar surface area (TPSA) is 110 Å². The lowest BCUT2D eigenvalue weighted by Gasteiger charge is -2.23. The lowest BCUT2D eigenvalue weighted by Crippen LogP contribution is -2.39. The molecule has 0 spiro atoms. The van der Waals surface area contributed by atoms with Crippen LogP contribution in [0.25, 0.3) is 11.0 Å². The van der Waals surface area contributed by atoms with E-state index in [4.69, 9.17) is 5.11 Å². The van der Waals surface area contributed by atoms with E-state index in [0.29, 0.717) is 0 Å². The number of nitrogens with one attached hydrogen (secondary N) is 1. The molecule has 2 rings (SSSR count). The van der Waals surface area contributed by atoms with Gasteiger partial charge in [-0.25, -0.2) is 13.8 Å². The van der Waals surface area contributed by atoms with Crippen LogP contribution in [0.1, 0.15) is 18.9 Å². The Morgan fingerprint density at radius 3 is 2.25 bits per heavy atom. The summed E-state index contributed by atoms with van der Waals surface area (Å²) in [7, 11) is 0. The Morgan fingerprint density at radius 1 is 1.05 bits per heavy atom. The number of hydrogen-bond donors (Lipinski definition) is 5. The van der Waals surface area contributed by atoms with E-state index in [2.05, 4.69) is 9.97 Å². The van der Waals surface area contributed by atoms with Gasteiger partial charge in [0.05, 0.1) is 17.1 Å². The van der Waals surface area contributed by atoms with E-state index >= 15 is 0 Å². The van der Waals surface area contributed by atoms with Crippen molar-refractivity contribution in [1.82, 2.24) is 9.97 Å². The number of H-pyrrole nitrogens is 1. The molecule has 1 aromatic heterocycles. The summed E-state index contributed by atoms with van der Waals surface area (Å²) in [6.45, 7) is 1.24. The molecule has 0 aliphatic rings. The molecule has 4 atom stereocenters. The molecule has 0 saturated heterocycles. The number of imidazole rings is 1. The fourth-order valence-electron chi connectivity index (χ4n) is 1.80. The number of aliphatic hydroxyl groups is 4. The highest BCUT2D eigenvalue weighted by atomic mass is 19.2. The quantitative estimate of drug-likeness (QED) is 0.543. The van der Waals surface area contributed by atoms with Crippen LogP contribution in [0.15, 0.2) is 12.1 Å². The number of aromatic amines is 1. The average molecular weight is 288 g/mol. The van der Waals surface area contributed by atoms with Crippen molar-refractivity contribution in [1.29, 1.82) is 0 Å². The molecule has 2 aromatic rings. The van der Waals surface area contributed by atoms with E-state index < -0.39 is 36.1 Å². The Hall–Kier alpha value is -1.61. The normalized spacial score (nSPS) is 17.9. The van der Waals surface area contributed by atoms with Crippen molar-refractivity contribution in [3.8, 4) is 0 Å². The van der Waals surface area contributed by atoms with Gasteiger partial charge in [0.15, 0.2) is 11.6 Å². The summed E-state index contributed by atoms with van der Waals surface area (Å²) in [5.41, 5.74) is 0.202. The Morgan fingerprint density at radius 2 is 1.65 bits per heavy atom. The molecular formula is C12H14F2N2O4. The number of aromatic nitrogens is 2. The van der Waals surface area contributed by atoms with Crippen LogP contribution in [0.2, 0.25) is 0 Å². The molecular weight excluding hydrogens is 274 g/mol. The van der Waals surface area contributed by atoms with E-state index in [1.165, 1.54) is 6.92 Å². The first-order chi connectivity index (χ1) is 9.31. The third-order valence-corrected chi connectivity index (χ3v) is 2.99. The highest BCUT2D eigenvalue weighted by Gasteiger charge is 2.31. The van der Waals surface area contributed by atoms with Crippen molar-refractivity contribution in [2.75, 3.05) is 0 Å². The second-order valence-electron chi connectivity index (χ2n) is 4.57. The third-order valence-electron chi connectivity index (χ3n) is 2.99. The van der Waals surface area contributed by atoms with Gasteiger partial charge in [-0.1, -0.05) is 0 Å². The molecule has 0 bridgehead atoms. The molecule has 0 amide bonds. The van der Waals surface area contributed by atoms with Gasteiger partial charge in [-0.3, -0.25) is 0 Å². The van der Waals surface area contributed by atoms with Gasteiger partial charge in [0.25, 0.3) is 0 Å². The molecule has 0 unspecified atom stereocenters. The zero-order chi connectivity index (χ0) is 15.0. The summed E-state index contributed by atoms with van der Waals surface area (Å²) >= 11 is 0. The van der Waals surface area contributed by atoms with Crippen molar-refractivity contribution < 1.29 is 29.2 Å². The maximum absolute atomic E-state index is 13.0. The molecule has 0 aliphatic carbocycles. The van der Waals surface area contributed by atoms with Gasteiger partial charge in [0.1, 0.15) is 24.1 Å². The van der Waals surface area contributed by atoms with Crippen LogP contribution in [0.3, 0.4) is 0 Å². The van der Waals surface area contributed by atoms with Gasteiger partial charge in [0, 0.05) is 12.1 Å². The maximum atomic E-state index is 13.0. The summed E-state index contributed by atoms with van der Waals surface area (Å²) in [4.78, 5) is 6.33. The minimum atomic E-state index is -1.70. The van der Waals surface area contributed by atoms with Gasteiger partial charge in [-0.2, -0.15) is 0 Å². The number of fused-ring (bicyclic) bond motifs is 1. The van der Waals surface area contributed by atoms with Gasteiger partial charge < -0.3 is 25.4 Å². The number of hydrogen-bond acceptors (Lipinski definition) is 5. The van der Waals surface area contributed by atoms with Crippen LogP contribution < -0.4 is 0 Å². The highest BCUT2D eigenvalue weighted by molar-refractivity contribution is 5.75. The van der Waals surface area contributed by atoms with Crippen molar-refractivity contribution in [2.45, 2.75) is 31.3 Å². The van der Waals surface area contributed by atoms with Crippen LogP contribution in [0.5, 0.6) is 0 Å². The van der Waals surface area contributed by atoms with Gasteiger partial charge in [-0.15, -0.1) is 0 Å². The fraction of sp³-hybridized carbons (Fsp3) is 0.417. The molecule has 5 N–H and O–H groups in total. The standard InChI is InChI=1S/C12H14F2N2O4/c1-4(17)9(18)10(19)11(20)12-15-7-2-5(13)6(14)3-8(7)16-12/h2-4,9-11,17-20H,1H3,(H,15,16)/t4-,9-,10+,11+/m1/s1. The predicted octanol–water partition coefficient (Wildman–Crippen LogP) is -0.0229. The Labute approximate surface area is 112 Å². The number of halogens is 2. The van der Waals surface area contributed by atoms with Gasteiger partial charge >= 0.3 is 0 Å². The molecule has 0 radical (unpaired) electrons. The van der Waals surface area contributed by atoms with Crippen LogP contribution in [0.4, 0.5) is 8.78 Å². The monoisotopic (exact) mass is 288 g/mol. The molecule has 0 saturated carbocycles. The van der Waals surface area contributed by atoms with E-state index in [-0.39, 0.29) is 16.9 Å². The minimum Gasteiger partial charge on any atom is -0.391 e. The molecule has 20 heavy (non-hydrogen) atoms. The molecule has 1 heterocycles. The summed E-state index contributed by atoms with van der Waals surface area (Å²) < 4.78 is 26.1. The summed E-state index contributed by atoms with van der Waals surface area (Å²) in [6.07, 6.45) is -6.20. The lowest BCUT2D eigenvalue weighted by atomic mass is 10.0. The first kappa shape index (κ1) is 14.8. The SMILES string of the molecule is C[C@@H](O)[C@@H](O)[C@H](O)[C@H](O)c1nc2cc(F)c(F)cc2[nH]1. The van der Waals surface area contributed by atoms with E-state index in [1.807, 2.05) is 0 Å². The van der Waals surface area contributed by atoms with Gasteiger partial charge in [-0.05, 0) is 6.92 Å². The number of nitrogens with zero attached hydrogens (tertiary/aromatic N) is 1. The maximum Gasteiger partial charge on any atom is 0.161 e. The Bertz CT molecular complexity index is 578. The smallest absolute Gasteiger partial charge is 0.161 e. The predicted molar refractivity (Wildman–Crippen MR) is 64.7 cm³/mol. The zero-order valence-electron chi connectivity index (χ0n) is 10.5. The largest absolute Gasteiger partial charge is 0.391 e. The van der Waals surface area contributed by atoms with E-state index in [9.17, 15) is 24.1 Å². The fourth-order valence-corrected chi connectivity index (χ4v) is 1.80. The molecule has 1 aromatic carbocycles. The third kappa shape index (κ3) is 2.63. The molecule has 0 fully saturated rings. The zero-order valence-corrected chi connectivity index (χ0v) is 10.5. The van der Waals surface area contributed by atoms with Crippen molar-refractivity contribution >= 4 is 11.0 Å². The average Bonchev–Trinajstić information content (AvgIpc) is 2.79.